The van der Waals surface area contributed by atoms with Crippen LogP contribution in [0.3, 0.4) is 0 Å². The second-order valence-corrected chi connectivity index (χ2v) is 4.53. The zero-order valence-corrected chi connectivity index (χ0v) is 11.8. The van der Waals surface area contributed by atoms with Crippen LogP contribution in [-0.4, -0.2) is 41.5 Å². The number of amides is 1. The smallest absolute Gasteiger partial charge is 0.417 e. The number of rotatable bonds is 4. The molecule has 1 heterocycles. The van der Waals surface area contributed by atoms with Gasteiger partial charge in [-0.2, -0.15) is 13.2 Å². The lowest BCUT2D eigenvalue weighted by molar-refractivity contribution is -0.141. The van der Waals surface area contributed by atoms with E-state index < -0.39 is 23.6 Å². The van der Waals surface area contributed by atoms with Crippen LogP contribution in [0.4, 0.5) is 13.2 Å². The quantitative estimate of drug-likeness (QED) is 0.800. The largest absolute Gasteiger partial charge is 0.468 e. The highest BCUT2D eigenvalue weighted by Crippen LogP contribution is 2.28. The highest BCUT2D eigenvalue weighted by Gasteiger charge is 2.31. The van der Waals surface area contributed by atoms with Crippen molar-refractivity contribution in [3.63, 3.8) is 0 Å². The number of pyridine rings is 1. The molecule has 0 unspecified atom stereocenters. The molecule has 0 aromatic carbocycles. The Morgan fingerprint density at radius 3 is 2.33 bits per heavy atom. The fourth-order valence-corrected chi connectivity index (χ4v) is 1.53. The van der Waals surface area contributed by atoms with Gasteiger partial charge in [-0.05, 0) is 26.0 Å². The normalized spacial score (nSPS) is 11.4. The van der Waals surface area contributed by atoms with Gasteiger partial charge in [0.15, 0.2) is 0 Å². The van der Waals surface area contributed by atoms with E-state index in [1.54, 1.807) is 13.8 Å². The van der Waals surface area contributed by atoms with E-state index in [2.05, 4.69) is 9.72 Å². The molecule has 0 atom stereocenters. The van der Waals surface area contributed by atoms with Gasteiger partial charge in [0.2, 0.25) is 0 Å². The van der Waals surface area contributed by atoms with Gasteiger partial charge in [0.1, 0.15) is 12.2 Å². The fourth-order valence-electron chi connectivity index (χ4n) is 1.53. The van der Waals surface area contributed by atoms with Gasteiger partial charge < -0.3 is 9.64 Å². The molecule has 0 radical (unpaired) electrons. The van der Waals surface area contributed by atoms with Crippen LogP contribution in [0.5, 0.6) is 0 Å². The molecule has 0 saturated heterocycles. The van der Waals surface area contributed by atoms with Gasteiger partial charge in [0.05, 0.1) is 12.7 Å². The van der Waals surface area contributed by atoms with Crippen molar-refractivity contribution >= 4 is 11.9 Å². The van der Waals surface area contributed by atoms with Crippen molar-refractivity contribution in [1.82, 2.24) is 9.88 Å². The Bertz CT molecular complexity index is 512. The monoisotopic (exact) mass is 304 g/mol. The number of carbonyl (C=O) groups is 2. The van der Waals surface area contributed by atoms with Gasteiger partial charge in [0.25, 0.3) is 5.91 Å². The van der Waals surface area contributed by atoms with E-state index in [-0.39, 0.29) is 18.3 Å². The van der Waals surface area contributed by atoms with Crippen LogP contribution in [-0.2, 0) is 15.7 Å². The molecule has 0 fully saturated rings. The van der Waals surface area contributed by atoms with Crippen molar-refractivity contribution in [3.8, 4) is 0 Å². The highest BCUT2D eigenvalue weighted by molar-refractivity contribution is 5.94. The molecule has 0 bridgehead atoms. The van der Waals surface area contributed by atoms with Gasteiger partial charge in [-0.3, -0.25) is 14.6 Å². The second-order valence-electron chi connectivity index (χ2n) is 4.53. The summed E-state index contributed by atoms with van der Waals surface area (Å²) in [5, 5.41) is 0. The Labute approximate surface area is 119 Å². The minimum absolute atomic E-state index is 0.166. The first-order chi connectivity index (χ1) is 9.66. The predicted octanol–water partition coefficient (Wildman–Crippen LogP) is 2.12. The molecule has 0 aliphatic heterocycles. The van der Waals surface area contributed by atoms with Crippen molar-refractivity contribution in [2.45, 2.75) is 26.1 Å². The molecule has 5 nitrogen and oxygen atoms in total. The van der Waals surface area contributed by atoms with Crippen LogP contribution in [0.15, 0.2) is 18.3 Å². The first-order valence-corrected chi connectivity index (χ1v) is 6.08. The lowest BCUT2D eigenvalue weighted by Gasteiger charge is -2.25. The zero-order valence-electron chi connectivity index (χ0n) is 11.8. The Hall–Kier alpha value is -2.12. The number of aromatic nitrogens is 1. The molecular weight excluding hydrogens is 289 g/mol. The summed E-state index contributed by atoms with van der Waals surface area (Å²) in [4.78, 5) is 28.1. The number of halogens is 3. The molecular formula is C13H15F3N2O3. The van der Waals surface area contributed by atoms with Crippen molar-refractivity contribution in [1.29, 1.82) is 0 Å². The van der Waals surface area contributed by atoms with Crippen LogP contribution in [0.25, 0.3) is 0 Å². The number of carbonyl (C=O) groups excluding carboxylic acids is 2. The summed E-state index contributed by atoms with van der Waals surface area (Å²) < 4.78 is 41.8. The Morgan fingerprint density at radius 1 is 1.33 bits per heavy atom. The van der Waals surface area contributed by atoms with E-state index in [9.17, 15) is 22.8 Å². The van der Waals surface area contributed by atoms with Crippen LogP contribution >= 0.6 is 0 Å². The fraction of sp³-hybridized carbons (Fsp3) is 0.462. The van der Waals surface area contributed by atoms with Crippen molar-refractivity contribution in [2.24, 2.45) is 0 Å². The molecule has 0 saturated carbocycles. The third-order valence-electron chi connectivity index (χ3n) is 2.72. The molecule has 0 aliphatic rings. The maximum atomic E-state index is 12.4. The van der Waals surface area contributed by atoms with E-state index in [1.807, 2.05) is 0 Å². The molecule has 116 valence electrons. The lowest BCUT2D eigenvalue weighted by Crippen LogP contribution is -2.41. The standard InChI is InChI=1S/C13H15F3N2O3/c1-8(2)18(7-11(19)21-3)12(20)10-5-4-9(6-17-10)13(14,15)16/h4-6,8H,7H2,1-3H3. The number of nitrogens with zero attached hydrogens (tertiary/aromatic N) is 2. The van der Waals surface area contributed by atoms with E-state index in [1.165, 1.54) is 12.0 Å². The third kappa shape index (κ3) is 4.44. The van der Waals surface area contributed by atoms with Crippen molar-refractivity contribution in [2.75, 3.05) is 13.7 Å². The molecule has 0 spiro atoms. The SMILES string of the molecule is COC(=O)CN(C(=O)c1ccc(C(F)(F)F)cn1)C(C)C. The van der Waals surface area contributed by atoms with Crippen LogP contribution < -0.4 is 0 Å². The Balaban J connectivity index is 2.96. The van der Waals surface area contributed by atoms with Crippen LogP contribution in [0.1, 0.15) is 29.9 Å². The molecule has 1 aromatic heterocycles. The minimum atomic E-state index is -4.52. The summed E-state index contributed by atoms with van der Waals surface area (Å²) in [6.45, 7) is 3.05. The van der Waals surface area contributed by atoms with Gasteiger partial charge in [-0.1, -0.05) is 0 Å². The first-order valence-electron chi connectivity index (χ1n) is 6.08. The average Bonchev–Trinajstić information content (AvgIpc) is 2.42. The molecule has 1 aromatic rings. The number of hydrogen-bond acceptors (Lipinski definition) is 4. The molecule has 1 amide bonds. The van der Waals surface area contributed by atoms with Gasteiger partial charge >= 0.3 is 12.1 Å². The molecule has 0 N–H and O–H groups in total. The summed E-state index contributed by atoms with van der Waals surface area (Å²) in [6.07, 6.45) is -3.93. The second kappa shape index (κ2) is 6.55. The first kappa shape index (κ1) is 16.9. The average molecular weight is 304 g/mol. The summed E-state index contributed by atoms with van der Waals surface area (Å²) >= 11 is 0. The summed E-state index contributed by atoms with van der Waals surface area (Å²) in [6, 6.07) is 1.43. The summed E-state index contributed by atoms with van der Waals surface area (Å²) in [7, 11) is 1.18. The third-order valence-corrected chi connectivity index (χ3v) is 2.72. The minimum Gasteiger partial charge on any atom is -0.468 e. The Morgan fingerprint density at radius 2 is 1.95 bits per heavy atom. The van der Waals surface area contributed by atoms with Gasteiger partial charge in [0, 0.05) is 12.2 Å². The van der Waals surface area contributed by atoms with Crippen molar-refractivity contribution < 1.29 is 27.5 Å². The summed E-state index contributed by atoms with van der Waals surface area (Å²) in [5.41, 5.74) is -1.11. The number of hydrogen-bond donors (Lipinski definition) is 0. The van der Waals surface area contributed by atoms with E-state index in [4.69, 9.17) is 0 Å². The topological polar surface area (TPSA) is 59.5 Å². The highest BCUT2D eigenvalue weighted by atomic mass is 19.4. The van der Waals surface area contributed by atoms with E-state index in [0.717, 1.165) is 12.1 Å². The number of esters is 1. The van der Waals surface area contributed by atoms with Gasteiger partial charge in [-0.25, -0.2) is 0 Å². The number of methoxy groups -OCH3 is 1. The lowest BCUT2D eigenvalue weighted by atomic mass is 10.2. The predicted molar refractivity (Wildman–Crippen MR) is 67.4 cm³/mol. The maximum absolute atomic E-state index is 12.4. The van der Waals surface area contributed by atoms with Crippen LogP contribution in [0, 0.1) is 0 Å². The molecule has 8 heteroatoms. The number of ether oxygens (including phenoxy) is 1. The van der Waals surface area contributed by atoms with Gasteiger partial charge in [-0.15, -0.1) is 0 Å². The van der Waals surface area contributed by atoms with E-state index >= 15 is 0 Å². The zero-order chi connectivity index (χ0) is 16.2. The molecule has 0 aliphatic carbocycles. The summed E-state index contributed by atoms with van der Waals surface area (Å²) in [5.74, 6) is -1.26. The molecule has 1 rings (SSSR count). The maximum Gasteiger partial charge on any atom is 0.417 e. The number of alkyl halides is 3. The van der Waals surface area contributed by atoms with E-state index in [0.29, 0.717) is 6.20 Å². The Kier molecular flexibility index (Phi) is 5.28. The van der Waals surface area contributed by atoms with Crippen LogP contribution in [0.2, 0.25) is 0 Å². The van der Waals surface area contributed by atoms with Crippen molar-refractivity contribution in [3.05, 3.63) is 29.6 Å². The molecule has 21 heavy (non-hydrogen) atoms.